The highest BCUT2D eigenvalue weighted by molar-refractivity contribution is 6.42. The van der Waals surface area contributed by atoms with Crippen LogP contribution in [-0.4, -0.2) is 64.7 Å². The summed E-state index contributed by atoms with van der Waals surface area (Å²) in [6.07, 6.45) is 13.3. The fraction of sp³-hybridized carbons (Fsp3) is 0.463. The number of fused-ring (bicyclic) bond motifs is 7. The smallest absolute Gasteiger partial charge is 0.321 e. The Morgan fingerprint density at radius 1 is 1.06 bits per heavy atom. The van der Waals surface area contributed by atoms with Gasteiger partial charge in [0.25, 0.3) is 0 Å². The first-order valence-electron chi connectivity index (χ1n) is 18.3. The number of carbonyl (C=O) groups excluding carboxylic acids is 3. The van der Waals surface area contributed by atoms with Gasteiger partial charge in [0.1, 0.15) is 5.92 Å². The van der Waals surface area contributed by atoms with Crippen molar-refractivity contribution in [2.75, 3.05) is 20.3 Å². The molecule has 270 valence electrons. The monoisotopic (exact) mass is 693 g/mol. The van der Waals surface area contributed by atoms with E-state index in [-0.39, 0.29) is 36.6 Å². The molecule has 51 heavy (non-hydrogen) atoms. The number of unbranched alkanes of at least 4 members (excludes halogenated alkanes) is 3. The summed E-state index contributed by atoms with van der Waals surface area (Å²) in [7, 11) is 1.31. The van der Waals surface area contributed by atoms with E-state index in [0.717, 1.165) is 87.8 Å². The van der Waals surface area contributed by atoms with Crippen molar-refractivity contribution in [3.05, 3.63) is 79.0 Å². The van der Waals surface area contributed by atoms with Crippen LogP contribution in [0, 0.1) is 31.6 Å². The molecule has 8 bridgehead atoms. The van der Waals surface area contributed by atoms with Gasteiger partial charge in [0, 0.05) is 81.6 Å². The van der Waals surface area contributed by atoms with Crippen LogP contribution >= 0.6 is 0 Å². The molecule has 4 atom stereocenters. The van der Waals surface area contributed by atoms with Gasteiger partial charge < -0.3 is 30.4 Å². The molecule has 0 spiro atoms. The molecule has 2 fully saturated rings. The number of allylic oxidation sites excluding steroid dienone is 3. The molecule has 0 aromatic carbocycles. The van der Waals surface area contributed by atoms with Crippen molar-refractivity contribution in [2.45, 2.75) is 85.6 Å². The van der Waals surface area contributed by atoms with Gasteiger partial charge in [-0.05, 0) is 86.9 Å². The number of Topliss-reactive ketones (excluding diaryl/α,β-unsaturated/α-hetero) is 1. The van der Waals surface area contributed by atoms with Crippen molar-refractivity contribution >= 4 is 47.7 Å². The van der Waals surface area contributed by atoms with Crippen LogP contribution < -0.4 is 21.3 Å². The number of H-pyrrole nitrogens is 2. The van der Waals surface area contributed by atoms with E-state index in [1.807, 2.05) is 13.0 Å². The molecule has 1 saturated carbocycles. The number of hydrogen-bond donors (Lipinski definition) is 5. The molecule has 2 aromatic heterocycles. The minimum Gasteiger partial charge on any atom is -0.468 e. The second-order valence-corrected chi connectivity index (χ2v) is 14.2. The average molecular weight is 694 g/mol. The molecule has 4 unspecified atom stereocenters. The molecule has 2 aromatic rings. The lowest BCUT2D eigenvalue weighted by atomic mass is 9.85. The number of amides is 1. The quantitative estimate of drug-likeness (QED) is 0.128. The van der Waals surface area contributed by atoms with E-state index in [2.05, 4.69) is 73.1 Å². The lowest BCUT2D eigenvalue weighted by molar-refractivity contribution is -0.146. The third kappa shape index (κ3) is 6.50. The van der Waals surface area contributed by atoms with Crippen molar-refractivity contribution in [3.63, 3.8) is 0 Å². The molecule has 4 aliphatic rings. The first-order chi connectivity index (χ1) is 24.5. The fourth-order valence-electron chi connectivity index (χ4n) is 8.25. The van der Waals surface area contributed by atoms with E-state index >= 15 is 0 Å². The molecule has 5 heterocycles. The summed E-state index contributed by atoms with van der Waals surface area (Å²) in [5.41, 5.74) is 10.3. The molecule has 10 heteroatoms. The van der Waals surface area contributed by atoms with E-state index < -0.39 is 17.9 Å². The zero-order valence-corrected chi connectivity index (χ0v) is 30.7. The SMILES string of the molecule is C=Cc1c2[nH]c(c1C)C=C1NC(=C3C4=NC(C=c5[nH]c(c(C)c5CC)=C2)C(C)=C4C(=O)C3C(=O)OC)C(CCC(=O)NCCCCCCO)C1C. The molecular formula is C41H51N5O5. The van der Waals surface area contributed by atoms with Gasteiger partial charge in [0.2, 0.25) is 5.91 Å². The Kier molecular flexibility index (Phi) is 10.5. The van der Waals surface area contributed by atoms with Crippen molar-refractivity contribution < 1.29 is 24.2 Å². The van der Waals surface area contributed by atoms with Gasteiger partial charge >= 0.3 is 5.97 Å². The van der Waals surface area contributed by atoms with Gasteiger partial charge in [-0.3, -0.25) is 19.4 Å². The molecule has 1 saturated heterocycles. The third-order valence-corrected chi connectivity index (χ3v) is 11.2. The zero-order chi connectivity index (χ0) is 36.6. The maximum atomic E-state index is 14.2. The van der Waals surface area contributed by atoms with Crippen molar-refractivity contribution in [1.29, 1.82) is 0 Å². The number of aromatic amines is 2. The number of carbonyl (C=O) groups is 3. The van der Waals surface area contributed by atoms with Crippen LogP contribution in [0.2, 0.25) is 0 Å². The van der Waals surface area contributed by atoms with Gasteiger partial charge in [-0.1, -0.05) is 39.3 Å². The summed E-state index contributed by atoms with van der Waals surface area (Å²) in [6.45, 7) is 15.3. The normalized spacial score (nSPS) is 22.0. The lowest BCUT2D eigenvalue weighted by Gasteiger charge is -2.19. The van der Waals surface area contributed by atoms with Crippen LogP contribution in [0.15, 0.2) is 39.7 Å². The van der Waals surface area contributed by atoms with Crippen molar-refractivity contribution in [1.82, 2.24) is 20.6 Å². The summed E-state index contributed by atoms with van der Waals surface area (Å²) in [5, 5.41) is 17.7. The molecule has 1 amide bonds. The second-order valence-electron chi connectivity index (χ2n) is 14.2. The minimum atomic E-state index is -1.14. The Bertz CT molecular complexity index is 2040. The van der Waals surface area contributed by atoms with E-state index in [0.29, 0.717) is 29.8 Å². The Labute approximate surface area is 299 Å². The molecule has 5 N–H and O–H groups in total. The highest BCUT2D eigenvalue weighted by atomic mass is 16.5. The molecular weight excluding hydrogens is 642 g/mol. The number of aliphatic imine (C=N–C) groups is 1. The van der Waals surface area contributed by atoms with Crippen LogP contribution in [0.1, 0.15) is 92.9 Å². The molecule has 3 aliphatic heterocycles. The minimum absolute atomic E-state index is 0.0379. The number of nitrogens with one attached hydrogen (secondary N) is 4. The van der Waals surface area contributed by atoms with Gasteiger partial charge in [0.15, 0.2) is 5.78 Å². The number of ketones is 1. The third-order valence-electron chi connectivity index (χ3n) is 11.2. The fourth-order valence-corrected chi connectivity index (χ4v) is 8.25. The van der Waals surface area contributed by atoms with Crippen LogP contribution in [0.5, 0.6) is 0 Å². The maximum absolute atomic E-state index is 14.2. The van der Waals surface area contributed by atoms with Gasteiger partial charge in [0.05, 0.1) is 18.9 Å². The number of aliphatic hydroxyl groups excluding tert-OH is 1. The molecule has 10 nitrogen and oxygen atoms in total. The number of aromatic nitrogens is 2. The summed E-state index contributed by atoms with van der Waals surface area (Å²) in [6, 6.07) is -0.393. The zero-order valence-electron chi connectivity index (χ0n) is 30.7. The Balaban J connectivity index is 1.51. The number of ether oxygens (including phenoxy) is 1. The van der Waals surface area contributed by atoms with E-state index in [1.54, 1.807) is 0 Å². The maximum Gasteiger partial charge on any atom is 0.321 e. The van der Waals surface area contributed by atoms with Gasteiger partial charge in [-0.2, -0.15) is 0 Å². The molecule has 1 aliphatic carbocycles. The van der Waals surface area contributed by atoms with Crippen LogP contribution in [-0.2, 0) is 25.5 Å². The predicted molar refractivity (Wildman–Crippen MR) is 201 cm³/mol. The van der Waals surface area contributed by atoms with Gasteiger partial charge in [-0.25, -0.2) is 0 Å². The van der Waals surface area contributed by atoms with E-state index in [4.69, 9.17) is 14.8 Å². The summed E-state index contributed by atoms with van der Waals surface area (Å²) in [5.74, 6) is -2.35. The first kappa shape index (κ1) is 36.1. The number of hydrogen-bond acceptors (Lipinski definition) is 7. The second kappa shape index (κ2) is 14.9. The lowest BCUT2D eigenvalue weighted by Crippen LogP contribution is -2.28. The predicted octanol–water partition coefficient (Wildman–Crippen LogP) is 4.20. The summed E-state index contributed by atoms with van der Waals surface area (Å²) < 4.78 is 5.24. The highest BCUT2D eigenvalue weighted by Crippen LogP contribution is 2.46. The van der Waals surface area contributed by atoms with Crippen LogP contribution in [0.3, 0.4) is 0 Å². The molecule has 0 radical (unpaired) electrons. The number of nitrogens with zero attached hydrogens (tertiary/aromatic N) is 1. The largest absolute Gasteiger partial charge is 0.468 e. The van der Waals surface area contributed by atoms with Gasteiger partial charge in [-0.15, -0.1) is 0 Å². The average Bonchev–Trinajstić information content (AvgIpc) is 3.85. The van der Waals surface area contributed by atoms with Crippen LogP contribution in [0.4, 0.5) is 0 Å². The van der Waals surface area contributed by atoms with Crippen molar-refractivity contribution in [3.8, 4) is 0 Å². The number of esters is 1. The first-order valence-corrected chi connectivity index (χ1v) is 18.3. The van der Waals surface area contributed by atoms with E-state index in [9.17, 15) is 14.4 Å². The topological polar surface area (TPSA) is 149 Å². The number of rotatable bonds is 12. The van der Waals surface area contributed by atoms with Crippen molar-refractivity contribution in [2.24, 2.45) is 22.7 Å². The Hall–Kier alpha value is -4.70. The summed E-state index contributed by atoms with van der Waals surface area (Å²) in [4.78, 5) is 53.2. The number of aliphatic hydroxyl groups is 1. The Morgan fingerprint density at radius 2 is 1.82 bits per heavy atom. The number of methoxy groups -OCH3 is 1. The highest BCUT2D eigenvalue weighted by Gasteiger charge is 2.52. The van der Waals surface area contributed by atoms with E-state index in [1.165, 1.54) is 12.7 Å². The summed E-state index contributed by atoms with van der Waals surface area (Å²) >= 11 is 0. The van der Waals surface area contributed by atoms with Crippen LogP contribution in [0.25, 0.3) is 24.3 Å². The standard InChI is InChI=1S/C41H51N5O5/c1-8-25-21(3)28-18-30-23(5)27(14-15-34(48)42-16-12-10-11-13-17-47)38(45-30)36-37(41(50)51-7)40(49)35-24(6)31(46-39(35)36)20-33-26(9-2)22(4)29(44-33)19-32(25)43-28/h8,18-20,23,27,31,37,43-45,47H,1,9-17H2,2-7H3,(H,42,48). The molecule has 6 rings (SSSR count). The Morgan fingerprint density at radius 3 is 2.53 bits per heavy atom.